The standard InChI is InChI=1S/C20H25IN8O2/c1-14-10-26(5-6-29(14)20(30)27-4-3-16(12-27)31-2)18-9-23-17(7-22)19(25-18)15-8-24-28(11-15)13-21/h8-9,11,14,16H,3-6,10,12-13H2,1-2H3/t14-,16+/m1/s1. The minimum absolute atomic E-state index is 0.0329. The Morgan fingerprint density at radius 2 is 2.16 bits per heavy atom. The zero-order valence-electron chi connectivity index (χ0n) is 17.6. The van der Waals surface area contributed by atoms with Crippen LogP contribution in [0.1, 0.15) is 19.0 Å². The van der Waals surface area contributed by atoms with Gasteiger partial charge in [-0.2, -0.15) is 10.4 Å². The van der Waals surface area contributed by atoms with Crippen molar-refractivity contribution in [1.82, 2.24) is 29.5 Å². The highest BCUT2D eigenvalue weighted by atomic mass is 127. The van der Waals surface area contributed by atoms with Crippen LogP contribution in [0.5, 0.6) is 0 Å². The first-order valence-electron chi connectivity index (χ1n) is 10.2. The summed E-state index contributed by atoms with van der Waals surface area (Å²) in [4.78, 5) is 28.0. The van der Waals surface area contributed by atoms with Gasteiger partial charge in [0.15, 0.2) is 5.69 Å². The molecule has 2 aromatic heterocycles. The first-order chi connectivity index (χ1) is 15.0. The third-order valence-electron chi connectivity index (χ3n) is 5.84. The molecule has 0 spiro atoms. The number of urea groups is 1. The zero-order valence-corrected chi connectivity index (χ0v) is 19.8. The molecule has 2 fully saturated rings. The second-order valence-electron chi connectivity index (χ2n) is 7.79. The van der Waals surface area contributed by atoms with Gasteiger partial charge in [0.05, 0.1) is 23.0 Å². The minimum atomic E-state index is 0.0329. The van der Waals surface area contributed by atoms with Crippen LogP contribution in [-0.4, -0.2) is 87.6 Å². The van der Waals surface area contributed by atoms with Crippen molar-refractivity contribution in [3.8, 4) is 17.3 Å². The number of nitriles is 1. The van der Waals surface area contributed by atoms with E-state index >= 15 is 0 Å². The molecule has 4 heterocycles. The summed E-state index contributed by atoms with van der Waals surface area (Å²) in [6.45, 7) is 5.36. The molecular formula is C20H25IN8O2. The largest absolute Gasteiger partial charge is 0.380 e. The minimum Gasteiger partial charge on any atom is -0.380 e. The highest BCUT2D eigenvalue weighted by Gasteiger charge is 2.34. The molecule has 0 aliphatic carbocycles. The van der Waals surface area contributed by atoms with Crippen molar-refractivity contribution in [2.24, 2.45) is 0 Å². The number of piperazine rings is 1. The van der Waals surface area contributed by atoms with Crippen molar-refractivity contribution in [2.75, 3.05) is 44.7 Å². The maximum Gasteiger partial charge on any atom is 0.320 e. The van der Waals surface area contributed by atoms with E-state index in [-0.39, 0.29) is 23.9 Å². The highest BCUT2D eigenvalue weighted by molar-refractivity contribution is 14.1. The molecule has 0 unspecified atom stereocenters. The Hall–Kier alpha value is -2.46. The van der Waals surface area contributed by atoms with Crippen molar-refractivity contribution in [3.63, 3.8) is 0 Å². The fourth-order valence-corrected chi connectivity index (χ4v) is 4.47. The van der Waals surface area contributed by atoms with Gasteiger partial charge in [0.2, 0.25) is 0 Å². The number of halogens is 1. The van der Waals surface area contributed by atoms with Crippen LogP contribution < -0.4 is 4.90 Å². The molecule has 0 aromatic carbocycles. The quantitative estimate of drug-likeness (QED) is 0.435. The van der Waals surface area contributed by atoms with Gasteiger partial charge < -0.3 is 19.4 Å². The number of hydrogen-bond acceptors (Lipinski definition) is 7. The lowest BCUT2D eigenvalue weighted by Crippen LogP contribution is -2.57. The van der Waals surface area contributed by atoms with E-state index in [0.717, 1.165) is 18.5 Å². The second kappa shape index (κ2) is 9.35. The fourth-order valence-electron chi connectivity index (χ4n) is 4.09. The second-order valence-corrected chi connectivity index (χ2v) is 8.47. The molecule has 4 rings (SSSR count). The predicted octanol–water partition coefficient (Wildman–Crippen LogP) is 1.96. The number of ether oxygens (including phenoxy) is 1. The predicted molar refractivity (Wildman–Crippen MR) is 123 cm³/mol. The smallest absolute Gasteiger partial charge is 0.320 e. The average molecular weight is 536 g/mol. The van der Waals surface area contributed by atoms with Crippen LogP contribution in [0.15, 0.2) is 18.6 Å². The number of rotatable bonds is 4. The van der Waals surface area contributed by atoms with E-state index in [1.807, 2.05) is 16.0 Å². The number of nitrogens with zero attached hydrogens (tertiary/aromatic N) is 8. The van der Waals surface area contributed by atoms with Gasteiger partial charge in [-0.1, -0.05) is 22.6 Å². The molecule has 31 heavy (non-hydrogen) atoms. The van der Waals surface area contributed by atoms with Gasteiger partial charge in [-0.25, -0.2) is 14.8 Å². The third kappa shape index (κ3) is 4.45. The number of alkyl halides is 1. The van der Waals surface area contributed by atoms with E-state index in [9.17, 15) is 10.1 Å². The molecule has 0 saturated carbocycles. The maximum atomic E-state index is 13.0. The molecule has 2 amide bonds. The highest BCUT2D eigenvalue weighted by Crippen LogP contribution is 2.25. The Labute approximate surface area is 194 Å². The lowest BCUT2D eigenvalue weighted by molar-refractivity contribution is 0.101. The van der Waals surface area contributed by atoms with E-state index in [4.69, 9.17) is 9.72 Å². The summed E-state index contributed by atoms with van der Waals surface area (Å²) in [7, 11) is 1.69. The third-order valence-corrected chi connectivity index (χ3v) is 6.54. The molecule has 0 bridgehead atoms. The number of amides is 2. The number of carbonyl (C=O) groups is 1. The Bertz CT molecular complexity index is 990. The van der Waals surface area contributed by atoms with Crippen LogP contribution >= 0.6 is 22.6 Å². The van der Waals surface area contributed by atoms with Crippen molar-refractivity contribution in [1.29, 1.82) is 5.26 Å². The molecule has 0 N–H and O–H groups in total. The number of methoxy groups -OCH3 is 1. The van der Waals surface area contributed by atoms with E-state index in [1.54, 1.807) is 24.2 Å². The molecule has 2 aromatic rings. The maximum absolute atomic E-state index is 13.0. The van der Waals surface area contributed by atoms with Crippen molar-refractivity contribution >= 4 is 34.4 Å². The topological polar surface area (TPSA) is 103 Å². The van der Waals surface area contributed by atoms with E-state index in [2.05, 4.69) is 50.6 Å². The number of carbonyl (C=O) groups excluding carboxylic acids is 1. The van der Waals surface area contributed by atoms with Crippen LogP contribution in [0.3, 0.4) is 0 Å². The summed E-state index contributed by atoms with van der Waals surface area (Å²) < 4.78 is 7.88. The van der Waals surface area contributed by atoms with E-state index < -0.39 is 0 Å². The first-order valence-corrected chi connectivity index (χ1v) is 11.8. The molecule has 2 aliphatic rings. The van der Waals surface area contributed by atoms with Gasteiger partial charge in [-0.05, 0) is 13.3 Å². The summed E-state index contributed by atoms with van der Waals surface area (Å²) in [5, 5.41) is 13.8. The van der Waals surface area contributed by atoms with Gasteiger partial charge in [0.1, 0.15) is 17.6 Å². The molecular weight excluding hydrogens is 511 g/mol. The fraction of sp³-hybridized carbons (Fsp3) is 0.550. The van der Waals surface area contributed by atoms with Crippen LogP contribution in [0, 0.1) is 11.3 Å². The van der Waals surface area contributed by atoms with Crippen molar-refractivity contribution in [2.45, 2.75) is 30.0 Å². The lowest BCUT2D eigenvalue weighted by Gasteiger charge is -2.41. The molecule has 2 atom stereocenters. The Balaban J connectivity index is 1.48. The molecule has 0 radical (unpaired) electrons. The molecule has 10 nitrogen and oxygen atoms in total. The first kappa shape index (κ1) is 21.8. The molecule has 2 aliphatic heterocycles. The molecule has 11 heteroatoms. The van der Waals surface area contributed by atoms with Crippen LogP contribution in [0.4, 0.5) is 10.6 Å². The van der Waals surface area contributed by atoms with Gasteiger partial charge in [0.25, 0.3) is 0 Å². The SMILES string of the molecule is CO[C@H]1CCN(C(=O)N2CCN(c3cnc(C#N)c(-c4cnn(CI)c4)n3)C[C@H]2C)C1. The monoisotopic (exact) mass is 536 g/mol. The Morgan fingerprint density at radius 1 is 1.32 bits per heavy atom. The lowest BCUT2D eigenvalue weighted by atomic mass is 10.2. The van der Waals surface area contributed by atoms with Crippen LogP contribution in [0.2, 0.25) is 0 Å². The van der Waals surface area contributed by atoms with Crippen LogP contribution in [-0.2, 0) is 9.29 Å². The number of likely N-dealkylation sites (tertiary alicyclic amines) is 1. The zero-order chi connectivity index (χ0) is 22.0. The number of hydrogen-bond donors (Lipinski definition) is 0. The van der Waals surface area contributed by atoms with Crippen molar-refractivity contribution in [3.05, 3.63) is 24.3 Å². The number of aromatic nitrogens is 4. The van der Waals surface area contributed by atoms with Gasteiger partial charge in [-0.3, -0.25) is 4.68 Å². The summed E-state index contributed by atoms with van der Waals surface area (Å²) in [6.07, 6.45) is 6.22. The van der Waals surface area contributed by atoms with Gasteiger partial charge in [-0.15, -0.1) is 0 Å². The Morgan fingerprint density at radius 3 is 2.81 bits per heavy atom. The summed E-state index contributed by atoms with van der Waals surface area (Å²) >= 11 is 2.22. The average Bonchev–Trinajstić information content (AvgIpc) is 3.47. The van der Waals surface area contributed by atoms with E-state index in [0.29, 0.717) is 42.2 Å². The van der Waals surface area contributed by atoms with E-state index in [1.165, 1.54) is 0 Å². The Kier molecular flexibility index (Phi) is 6.57. The van der Waals surface area contributed by atoms with Gasteiger partial charge >= 0.3 is 6.03 Å². The summed E-state index contributed by atoms with van der Waals surface area (Å²) in [6, 6.07) is 2.23. The van der Waals surface area contributed by atoms with Crippen LogP contribution in [0.25, 0.3) is 11.3 Å². The van der Waals surface area contributed by atoms with Crippen molar-refractivity contribution < 1.29 is 9.53 Å². The molecule has 164 valence electrons. The number of anilines is 1. The normalized spacial score (nSPS) is 21.4. The molecule has 2 saturated heterocycles. The summed E-state index contributed by atoms with van der Waals surface area (Å²) in [5.41, 5.74) is 1.58. The summed E-state index contributed by atoms with van der Waals surface area (Å²) in [5.74, 6) is 0.704. The van der Waals surface area contributed by atoms with Gasteiger partial charge in [0, 0.05) is 57.6 Å².